The first-order valence-electron chi connectivity index (χ1n) is 6.73. The minimum absolute atomic E-state index is 0.423. The number of halogens is 1. The van der Waals surface area contributed by atoms with Crippen molar-refractivity contribution >= 4 is 21.6 Å². The molecular weight excluding hydrogens is 290 g/mol. The highest BCUT2D eigenvalue weighted by Gasteiger charge is 2.27. The molecule has 1 aromatic carbocycles. The second kappa shape index (κ2) is 5.62. The average Bonchev–Trinajstić information content (AvgIpc) is 3.08. The van der Waals surface area contributed by atoms with Gasteiger partial charge in [0.1, 0.15) is 0 Å². The molecule has 2 rings (SSSR count). The summed E-state index contributed by atoms with van der Waals surface area (Å²) in [6, 6.07) is 6.61. The number of benzene rings is 1. The number of anilines is 1. The van der Waals surface area contributed by atoms with E-state index in [-0.39, 0.29) is 0 Å². The van der Waals surface area contributed by atoms with Gasteiger partial charge in [0.05, 0.1) is 6.10 Å². The first-order valence-corrected chi connectivity index (χ1v) is 7.52. The van der Waals surface area contributed by atoms with Crippen LogP contribution in [0.1, 0.15) is 45.3 Å². The van der Waals surface area contributed by atoms with E-state index in [0.29, 0.717) is 6.04 Å². The normalized spacial score (nSPS) is 17.0. The summed E-state index contributed by atoms with van der Waals surface area (Å²) in [6.45, 7) is 7.38. The molecule has 1 saturated carbocycles. The van der Waals surface area contributed by atoms with Gasteiger partial charge in [0, 0.05) is 28.3 Å². The Labute approximate surface area is 118 Å². The minimum Gasteiger partial charge on any atom is -0.389 e. The van der Waals surface area contributed by atoms with Gasteiger partial charge in [-0.15, -0.1) is 0 Å². The molecule has 2 nitrogen and oxygen atoms in total. The maximum Gasteiger partial charge on any atom is 0.0782 e. The molecule has 1 atom stereocenters. The average molecular weight is 312 g/mol. The zero-order valence-electron chi connectivity index (χ0n) is 11.4. The molecule has 0 saturated heterocycles. The zero-order chi connectivity index (χ0) is 13.3. The smallest absolute Gasteiger partial charge is 0.0782 e. The van der Waals surface area contributed by atoms with Crippen LogP contribution in [0.2, 0.25) is 0 Å². The maximum absolute atomic E-state index is 9.93. The third-order valence-electron chi connectivity index (χ3n) is 3.53. The summed E-state index contributed by atoms with van der Waals surface area (Å²) in [4.78, 5) is 2.42. The molecule has 1 N–H and O–H groups in total. The van der Waals surface area contributed by atoms with Gasteiger partial charge in [-0.1, -0.05) is 22.0 Å². The van der Waals surface area contributed by atoms with Gasteiger partial charge in [0.15, 0.2) is 0 Å². The van der Waals surface area contributed by atoms with Crippen molar-refractivity contribution in [2.45, 2.75) is 45.8 Å². The van der Waals surface area contributed by atoms with Crippen molar-refractivity contribution in [2.24, 2.45) is 5.92 Å². The van der Waals surface area contributed by atoms with Gasteiger partial charge in [0.25, 0.3) is 0 Å². The fourth-order valence-corrected chi connectivity index (χ4v) is 2.63. The molecule has 18 heavy (non-hydrogen) atoms. The van der Waals surface area contributed by atoms with Crippen LogP contribution in [0.15, 0.2) is 22.7 Å². The number of nitrogens with zero attached hydrogens (tertiary/aromatic N) is 1. The van der Waals surface area contributed by atoms with Crippen LogP contribution in [-0.2, 0) is 0 Å². The predicted molar refractivity (Wildman–Crippen MR) is 80.0 cm³/mol. The van der Waals surface area contributed by atoms with E-state index >= 15 is 0 Å². The van der Waals surface area contributed by atoms with Crippen LogP contribution in [0.25, 0.3) is 0 Å². The summed E-state index contributed by atoms with van der Waals surface area (Å²) in [5.41, 5.74) is 2.19. The molecular formula is C15H22BrNO. The molecule has 0 radical (unpaired) electrons. The van der Waals surface area contributed by atoms with Crippen molar-refractivity contribution in [1.29, 1.82) is 0 Å². The van der Waals surface area contributed by atoms with Gasteiger partial charge in [-0.3, -0.25) is 0 Å². The summed E-state index contributed by atoms with van der Waals surface area (Å²) in [5, 5.41) is 9.93. The lowest BCUT2D eigenvalue weighted by Gasteiger charge is -2.32. The second-order valence-corrected chi connectivity index (χ2v) is 6.48. The molecule has 3 heteroatoms. The van der Waals surface area contributed by atoms with Crippen LogP contribution < -0.4 is 4.90 Å². The fourth-order valence-electron chi connectivity index (χ4n) is 2.28. The minimum atomic E-state index is -0.423. The van der Waals surface area contributed by atoms with Gasteiger partial charge in [0.2, 0.25) is 0 Å². The van der Waals surface area contributed by atoms with Crippen molar-refractivity contribution in [2.75, 3.05) is 11.4 Å². The monoisotopic (exact) mass is 311 g/mol. The Bertz CT molecular complexity index is 413. The van der Waals surface area contributed by atoms with Gasteiger partial charge >= 0.3 is 0 Å². The lowest BCUT2D eigenvalue weighted by Crippen LogP contribution is -2.33. The zero-order valence-corrected chi connectivity index (χ0v) is 12.9. The van der Waals surface area contributed by atoms with Gasteiger partial charge < -0.3 is 10.0 Å². The van der Waals surface area contributed by atoms with Gasteiger partial charge in [-0.25, -0.2) is 0 Å². The van der Waals surface area contributed by atoms with E-state index < -0.39 is 6.10 Å². The Morgan fingerprint density at radius 1 is 1.33 bits per heavy atom. The first kappa shape index (κ1) is 13.9. The van der Waals surface area contributed by atoms with E-state index in [1.807, 2.05) is 19.1 Å². The highest BCUT2D eigenvalue weighted by atomic mass is 79.9. The lowest BCUT2D eigenvalue weighted by atomic mass is 10.1. The van der Waals surface area contributed by atoms with Crippen LogP contribution in [0.5, 0.6) is 0 Å². The standard InChI is InChI=1S/C15H22BrNO/c1-10(2)17(9-12-4-5-12)15-8-13(16)6-7-14(15)11(3)18/h6-8,10-12,18H,4-5,9H2,1-3H3. The van der Waals surface area contributed by atoms with E-state index in [0.717, 1.165) is 22.5 Å². The van der Waals surface area contributed by atoms with E-state index in [2.05, 4.69) is 40.7 Å². The highest BCUT2D eigenvalue weighted by molar-refractivity contribution is 9.10. The Kier molecular flexibility index (Phi) is 4.33. The van der Waals surface area contributed by atoms with Crippen molar-refractivity contribution in [3.05, 3.63) is 28.2 Å². The number of hydrogen-bond donors (Lipinski definition) is 1. The SMILES string of the molecule is CC(O)c1ccc(Br)cc1N(CC1CC1)C(C)C. The molecule has 0 aromatic heterocycles. The van der Waals surface area contributed by atoms with E-state index in [1.54, 1.807) is 0 Å². The molecule has 1 aliphatic rings. The predicted octanol–water partition coefficient (Wildman–Crippen LogP) is 4.13. The lowest BCUT2D eigenvalue weighted by molar-refractivity contribution is 0.199. The quantitative estimate of drug-likeness (QED) is 0.884. The molecule has 0 heterocycles. The maximum atomic E-state index is 9.93. The molecule has 0 amide bonds. The Morgan fingerprint density at radius 3 is 2.50 bits per heavy atom. The van der Waals surface area contributed by atoms with Gasteiger partial charge in [-0.2, -0.15) is 0 Å². The molecule has 1 fully saturated rings. The summed E-state index contributed by atoms with van der Waals surface area (Å²) in [6.07, 6.45) is 2.27. The van der Waals surface area contributed by atoms with E-state index in [4.69, 9.17) is 0 Å². The molecule has 100 valence electrons. The third kappa shape index (κ3) is 3.27. The fraction of sp³-hybridized carbons (Fsp3) is 0.600. The molecule has 1 aromatic rings. The molecule has 0 aliphatic heterocycles. The molecule has 0 bridgehead atoms. The van der Waals surface area contributed by atoms with Crippen LogP contribution in [0, 0.1) is 5.92 Å². The second-order valence-electron chi connectivity index (χ2n) is 5.57. The summed E-state index contributed by atoms with van der Waals surface area (Å²) in [5.74, 6) is 0.841. The van der Waals surface area contributed by atoms with Crippen LogP contribution >= 0.6 is 15.9 Å². The Hall–Kier alpha value is -0.540. The van der Waals surface area contributed by atoms with Crippen molar-refractivity contribution in [1.82, 2.24) is 0 Å². The number of rotatable bonds is 5. The first-order chi connectivity index (χ1) is 8.49. The number of aliphatic hydroxyl groups is 1. The Morgan fingerprint density at radius 2 is 2.00 bits per heavy atom. The summed E-state index contributed by atoms with van der Waals surface area (Å²) < 4.78 is 1.07. The Balaban J connectivity index is 2.34. The van der Waals surface area contributed by atoms with Crippen molar-refractivity contribution < 1.29 is 5.11 Å². The van der Waals surface area contributed by atoms with Crippen LogP contribution in [0.4, 0.5) is 5.69 Å². The van der Waals surface area contributed by atoms with Gasteiger partial charge in [-0.05, 0) is 51.7 Å². The number of aliphatic hydroxyl groups excluding tert-OH is 1. The van der Waals surface area contributed by atoms with E-state index in [1.165, 1.54) is 18.5 Å². The van der Waals surface area contributed by atoms with Crippen molar-refractivity contribution in [3.8, 4) is 0 Å². The van der Waals surface area contributed by atoms with Crippen LogP contribution in [-0.4, -0.2) is 17.7 Å². The summed E-state index contributed by atoms with van der Waals surface area (Å²) in [7, 11) is 0. The topological polar surface area (TPSA) is 23.5 Å². The summed E-state index contributed by atoms with van der Waals surface area (Å²) >= 11 is 3.54. The molecule has 1 unspecified atom stereocenters. The highest BCUT2D eigenvalue weighted by Crippen LogP contribution is 2.36. The molecule has 1 aliphatic carbocycles. The number of hydrogen-bond acceptors (Lipinski definition) is 2. The van der Waals surface area contributed by atoms with Crippen molar-refractivity contribution in [3.63, 3.8) is 0 Å². The van der Waals surface area contributed by atoms with E-state index in [9.17, 15) is 5.11 Å². The largest absolute Gasteiger partial charge is 0.389 e. The molecule has 0 spiro atoms. The third-order valence-corrected chi connectivity index (χ3v) is 4.02. The van der Waals surface area contributed by atoms with Crippen LogP contribution in [0.3, 0.4) is 0 Å².